The highest BCUT2D eigenvalue weighted by molar-refractivity contribution is 7.89. The summed E-state index contributed by atoms with van der Waals surface area (Å²) in [5, 5.41) is 13.5. The topological polar surface area (TPSA) is 105 Å². The van der Waals surface area contributed by atoms with E-state index in [0.717, 1.165) is 41.5 Å². The van der Waals surface area contributed by atoms with E-state index in [1.807, 2.05) is 73.2 Å². The Hall–Kier alpha value is -2.91. The number of hydrogen-bond acceptors (Lipinski definition) is 6. The first-order valence-electron chi connectivity index (χ1n) is 11.5. The summed E-state index contributed by atoms with van der Waals surface area (Å²) in [6.07, 6.45) is 1.02. The van der Waals surface area contributed by atoms with Crippen LogP contribution in [0.1, 0.15) is 41.4 Å². The van der Waals surface area contributed by atoms with E-state index in [-0.39, 0.29) is 24.1 Å². The first kappa shape index (κ1) is 29.3. The summed E-state index contributed by atoms with van der Waals surface area (Å²) in [5.74, 6) is -0.404. The molecule has 3 aromatic rings. The van der Waals surface area contributed by atoms with Crippen molar-refractivity contribution in [2.24, 2.45) is 0 Å². The van der Waals surface area contributed by atoms with Crippen LogP contribution in [0.2, 0.25) is 0 Å². The van der Waals surface area contributed by atoms with Crippen LogP contribution in [0.3, 0.4) is 0 Å². The largest absolute Gasteiger partial charge is 0.490 e. The van der Waals surface area contributed by atoms with Gasteiger partial charge in [0.15, 0.2) is 0 Å². The molecule has 0 heterocycles. The third-order valence-electron chi connectivity index (χ3n) is 5.27. The highest BCUT2D eigenvalue weighted by Gasteiger charge is 2.18. The van der Waals surface area contributed by atoms with Crippen LogP contribution in [0.4, 0.5) is 0 Å². The van der Waals surface area contributed by atoms with Crippen LogP contribution < -0.4 is 14.8 Å². The summed E-state index contributed by atoms with van der Waals surface area (Å²) in [5.41, 5.74) is 4.01. The summed E-state index contributed by atoms with van der Waals surface area (Å²) >= 11 is 0. The average molecular weight is 533 g/mol. The number of ether oxygens (including phenoxy) is 1. The minimum absolute atomic E-state index is 0. The van der Waals surface area contributed by atoms with Gasteiger partial charge in [-0.1, -0.05) is 60.7 Å². The SMILES string of the molecule is CC(C)Oc1cc(-c2ccc(CCNC[C@@H](O)c3ccccc3)cc2)ccc1C(=O)NS(C)(=O)=O.Cl. The number of sulfonamides is 1. The monoisotopic (exact) mass is 532 g/mol. The van der Waals surface area contributed by atoms with Gasteiger partial charge in [-0.3, -0.25) is 4.79 Å². The van der Waals surface area contributed by atoms with E-state index in [1.165, 1.54) is 0 Å². The molecule has 7 nitrogen and oxygen atoms in total. The van der Waals surface area contributed by atoms with Crippen molar-refractivity contribution in [2.45, 2.75) is 32.5 Å². The van der Waals surface area contributed by atoms with E-state index in [2.05, 4.69) is 5.32 Å². The molecule has 0 aliphatic rings. The third kappa shape index (κ3) is 8.95. The van der Waals surface area contributed by atoms with Gasteiger partial charge in [-0.05, 0) is 61.2 Å². The molecule has 0 radical (unpaired) electrons. The lowest BCUT2D eigenvalue weighted by Gasteiger charge is -2.16. The van der Waals surface area contributed by atoms with Crippen molar-refractivity contribution in [1.29, 1.82) is 0 Å². The molecule has 3 N–H and O–H groups in total. The fourth-order valence-electron chi connectivity index (χ4n) is 3.59. The fourth-order valence-corrected chi connectivity index (χ4v) is 4.04. The number of rotatable bonds is 11. The Morgan fingerprint density at radius 3 is 2.22 bits per heavy atom. The molecule has 36 heavy (non-hydrogen) atoms. The fraction of sp³-hybridized carbons (Fsp3) is 0.296. The summed E-state index contributed by atoms with van der Waals surface area (Å²) < 4.78 is 30.7. The molecule has 0 aliphatic carbocycles. The maximum atomic E-state index is 12.4. The molecule has 0 aliphatic heterocycles. The Morgan fingerprint density at radius 2 is 1.61 bits per heavy atom. The zero-order valence-corrected chi connectivity index (χ0v) is 22.2. The molecule has 0 fully saturated rings. The zero-order chi connectivity index (χ0) is 25.4. The van der Waals surface area contributed by atoms with Crippen LogP contribution in [0, 0.1) is 0 Å². The van der Waals surface area contributed by atoms with Gasteiger partial charge in [0.2, 0.25) is 10.0 Å². The van der Waals surface area contributed by atoms with Crippen LogP contribution >= 0.6 is 12.4 Å². The van der Waals surface area contributed by atoms with Crippen molar-refractivity contribution >= 4 is 28.3 Å². The van der Waals surface area contributed by atoms with Gasteiger partial charge < -0.3 is 15.2 Å². The number of carbonyl (C=O) groups is 1. The summed E-state index contributed by atoms with van der Waals surface area (Å²) in [6, 6.07) is 22.7. The number of benzene rings is 3. The second-order valence-electron chi connectivity index (χ2n) is 8.66. The molecule has 0 aromatic heterocycles. The summed E-state index contributed by atoms with van der Waals surface area (Å²) in [4.78, 5) is 12.4. The maximum Gasteiger partial charge on any atom is 0.268 e. The number of nitrogens with one attached hydrogen (secondary N) is 2. The molecule has 1 amide bonds. The lowest BCUT2D eigenvalue weighted by atomic mass is 10.0. The van der Waals surface area contributed by atoms with Gasteiger partial charge >= 0.3 is 0 Å². The minimum Gasteiger partial charge on any atom is -0.490 e. The van der Waals surface area contributed by atoms with Crippen LogP contribution in [0.25, 0.3) is 11.1 Å². The predicted octanol–water partition coefficient (Wildman–Crippen LogP) is 4.12. The molecular formula is C27H33ClN2O5S. The Kier molecular flexibility index (Phi) is 10.9. The third-order valence-corrected chi connectivity index (χ3v) is 5.82. The van der Waals surface area contributed by atoms with Crippen molar-refractivity contribution in [3.05, 3.63) is 89.5 Å². The number of aliphatic hydroxyl groups is 1. The van der Waals surface area contributed by atoms with E-state index in [9.17, 15) is 18.3 Å². The predicted molar refractivity (Wildman–Crippen MR) is 145 cm³/mol. The van der Waals surface area contributed by atoms with Gasteiger partial charge in [-0.25, -0.2) is 13.1 Å². The van der Waals surface area contributed by atoms with Gasteiger partial charge in [-0.2, -0.15) is 0 Å². The van der Waals surface area contributed by atoms with Gasteiger partial charge in [0.25, 0.3) is 5.91 Å². The number of hydrogen-bond donors (Lipinski definition) is 3. The van der Waals surface area contributed by atoms with E-state index >= 15 is 0 Å². The molecule has 0 unspecified atom stereocenters. The Morgan fingerprint density at radius 1 is 0.972 bits per heavy atom. The normalized spacial score (nSPS) is 12.0. The van der Waals surface area contributed by atoms with Crippen molar-refractivity contribution < 1.29 is 23.1 Å². The number of aliphatic hydroxyl groups excluding tert-OH is 1. The number of amides is 1. The Balaban J connectivity index is 0.00000456. The van der Waals surface area contributed by atoms with Crippen LogP contribution in [-0.2, 0) is 16.4 Å². The van der Waals surface area contributed by atoms with Crippen molar-refractivity contribution in [3.8, 4) is 16.9 Å². The highest BCUT2D eigenvalue weighted by Crippen LogP contribution is 2.29. The molecular weight excluding hydrogens is 500 g/mol. The molecule has 194 valence electrons. The van der Waals surface area contributed by atoms with Crippen LogP contribution in [-0.4, -0.2) is 44.9 Å². The van der Waals surface area contributed by atoms with Gasteiger partial charge in [0, 0.05) is 6.54 Å². The minimum atomic E-state index is -3.69. The quantitative estimate of drug-likeness (QED) is 0.321. The van der Waals surface area contributed by atoms with Gasteiger partial charge in [0.05, 0.1) is 24.0 Å². The van der Waals surface area contributed by atoms with Gasteiger partial charge in [0.1, 0.15) is 5.75 Å². The Bertz CT molecular complexity index is 1230. The lowest BCUT2D eigenvalue weighted by molar-refractivity contribution is 0.0976. The maximum absolute atomic E-state index is 12.4. The molecule has 9 heteroatoms. The molecule has 3 rings (SSSR count). The van der Waals surface area contributed by atoms with Crippen LogP contribution in [0.15, 0.2) is 72.8 Å². The molecule has 0 spiro atoms. The standard InChI is InChI=1S/C27H32N2O5S.ClH/c1-19(2)34-26-17-23(13-14-24(26)27(31)29-35(3,32)33)21-11-9-20(10-12-21)15-16-28-18-25(30)22-7-5-4-6-8-22;/h4-14,17,19,25,28,30H,15-16,18H2,1-3H3,(H,29,31);1H/t25-;/m1./s1. The van der Waals surface area contributed by atoms with Crippen molar-refractivity contribution in [1.82, 2.24) is 10.0 Å². The summed E-state index contributed by atoms with van der Waals surface area (Å²) in [7, 11) is -3.69. The molecule has 3 aromatic carbocycles. The van der Waals surface area contributed by atoms with Crippen molar-refractivity contribution in [2.75, 3.05) is 19.3 Å². The molecule has 0 saturated carbocycles. The first-order chi connectivity index (χ1) is 16.6. The first-order valence-corrected chi connectivity index (χ1v) is 13.4. The molecule has 0 bridgehead atoms. The molecule has 1 atom stereocenters. The van der Waals surface area contributed by atoms with Crippen molar-refractivity contribution in [3.63, 3.8) is 0 Å². The van der Waals surface area contributed by atoms with E-state index in [4.69, 9.17) is 4.74 Å². The Labute approximate surface area is 219 Å². The molecule has 0 saturated heterocycles. The smallest absolute Gasteiger partial charge is 0.268 e. The van der Waals surface area contributed by atoms with Crippen LogP contribution in [0.5, 0.6) is 5.75 Å². The lowest BCUT2D eigenvalue weighted by Crippen LogP contribution is -2.30. The second-order valence-corrected chi connectivity index (χ2v) is 10.4. The number of halogens is 1. The second kappa shape index (κ2) is 13.4. The van der Waals surface area contributed by atoms with E-state index in [1.54, 1.807) is 18.2 Å². The zero-order valence-electron chi connectivity index (χ0n) is 20.6. The highest BCUT2D eigenvalue weighted by atomic mass is 35.5. The van der Waals surface area contributed by atoms with E-state index < -0.39 is 22.0 Å². The van der Waals surface area contributed by atoms with E-state index in [0.29, 0.717) is 12.3 Å². The summed E-state index contributed by atoms with van der Waals surface area (Å²) in [6.45, 7) is 4.90. The average Bonchev–Trinajstić information content (AvgIpc) is 2.81. The van der Waals surface area contributed by atoms with Gasteiger partial charge in [-0.15, -0.1) is 12.4 Å². The number of carbonyl (C=O) groups excluding carboxylic acids is 1.